The van der Waals surface area contributed by atoms with Crippen LogP contribution in [-0.4, -0.2) is 19.2 Å². The molecule has 0 aliphatic carbocycles. The maximum atomic E-state index is 12.0. The van der Waals surface area contributed by atoms with Crippen molar-refractivity contribution in [3.63, 3.8) is 0 Å². The standard InChI is InChI=1S/C11H9BrN2O2S2/c12-10-5-13-11(17-10)14-8-6-18(15,16)9-4-2-1-3-7(8)9/h1-5,8H,6H2,(H,13,14). The Balaban J connectivity index is 1.97. The summed E-state index contributed by atoms with van der Waals surface area (Å²) in [6.07, 6.45) is 1.70. The molecule has 1 aromatic heterocycles. The Kier molecular flexibility index (Phi) is 2.91. The highest BCUT2D eigenvalue weighted by Crippen LogP contribution is 2.36. The molecule has 1 unspecified atom stereocenters. The Morgan fingerprint density at radius 3 is 2.89 bits per heavy atom. The smallest absolute Gasteiger partial charge is 0.184 e. The largest absolute Gasteiger partial charge is 0.354 e. The molecule has 94 valence electrons. The van der Waals surface area contributed by atoms with E-state index >= 15 is 0 Å². The molecule has 4 nitrogen and oxygen atoms in total. The highest BCUT2D eigenvalue weighted by molar-refractivity contribution is 9.11. The third-order valence-electron chi connectivity index (χ3n) is 2.79. The SMILES string of the molecule is O=S1(=O)CC(Nc2ncc(Br)s2)c2ccccc21. The van der Waals surface area contributed by atoms with Crippen molar-refractivity contribution in [2.45, 2.75) is 10.9 Å². The van der Waals surface area contributed by atoms with Crippen molar-refractivity contribution in [2.24, 2.45) is 0 Å². The molecule has 0 spiro atoms. The van der Waals surface area contributed by atoms with Gasteiger partial charge < -0.3 is 5.32 Å². The van der Waals surface area contributed by atoms with Crippen LogP contribution in [0.5, 0.6) is 0 Å². The Morgan fingerprint density at radius 1 is 1.39 bits per heavy atom. The van der Waals surface area contributed by atoms with Gasteiger partial charge in [-0.05, 0) is 27.6 Å². The normalized spacial score (nSPS) is 20.6. The van der Waals surface area contributed by atoms with Gasteiger partial charge in [0.2, 0.25) is 0 Å². The van der Waals surface area contributed by atoms with Crippen LogP contribution in [0.2, 0.25) is 0 Å². The minimum atomic E-state index is -3.17. The van der Waals surface area contributed by atoms with E-state index in [0.29, 0.717) is 4.90 Å². The number of fused-ring (bicyclic) bond motifs is 1. The van der Waals surface area contributed by atoms with E-state index in [1.807, 2.05) is 12.1 Å². The predicted octanol–water partition coefficient (Wildman–Crippen LogP) is 2.85. The summed E-state index contributed by atoms with van der Waals surface area (Å²) in [4.78, 5) is 4.59. The topological polar surface area (TPSA) is 59.1 Å². The first-order valence-electron chi connectivity index (χ1n) is 5.26. The maximum Gasteiger partial charge on any atom is 0.184 e. The van der Waals surface area contributed by atoms with Crippen LogP contribution in [0, 0.1) is 0 Å². The van der Waals surface area contributed by atoms with Crippen LogP contribution < -0.4 is 5.32 Å². The third-order valence-corrected chi connectivity index (χ3v) is 6.01. The van der Waals surface area contributed by atoms with Crippen LogP contribution in [0.4, 0.5) is 5.13 Å². The van der Waals surface area contributed by atoms with Crippen molar-refractivity contribution in [3.8, 4) is 0 Å². The van der Waals surface area contributed by atoms with Crippen LogP contribution in [0.1, 0.15) is 11.6 Å². The predicted molar refractivity (Wildman–Crippen MR) is 74.7 cm³/mol. The van der Waals surface area contributed by atoms with E-state index < -0.39 is 9.84 Å². The number of benzene rings is 1. The van der Waals surface area contributed by atoms with Gasteiger partial charge in [-0.25, -0.2) is 13.4 Å². The van der Waals surface area contributed by atoms with E-state index in [1.165, 1.54) is 11.3 Å². The van der Waals surface area contributed by atoms with Crippen molar-refractivity contribution in [1.29, 1.82) is 0 Å². The van der Waals surface area contributed by atoms with Crippen LogP contribution in [0.25, 0.3) is 0 Å². The van der Waals surface area contributed by atoms with Gasteiger partial charge in [0.25, 0.3) is 0 Å². The van der Waals surface area contributed by atoms with Crippen molar-refractivity contribution in [1.82, 2.24) is 4.98 Å². The summed E-state index contributed by atoms with van der Waals surface area (Å²) in [7, 11) is -3.17. The fourth-order valence-electron chi connectivity index (χ4n) is 2.04. The number of nitrogens with zero attached hydrogens (tertiary/aromatic N) is 1. The number of hydrogen-bond donors (Lipinski definition) is 1. The van der Waals surface area contributed by atoms with Gasteiger partial charge in [-0.1, -0.05) is 29.5 Å². The van der Waals surface area contributed by atoms with Crippen molar-refractivity contribution in [3.05, 3.63) is 39.8 Å². The van der Waals surface area contributed by atoms with Gasteiger partial charge in [0.15, 0.2) is 15.0 Å². The van der Waals surface area contributed by atoms with E-state index in [9.17, 15) is 8.42 Å². The Morgan fingerprint density at radius 2 is 2.17 bits per heavy atom. The van der Waals surface area contributed by atoms with Gasteiger partial charge in [-0.3, -0.25) is 0 Å². The van der Waals surface area contributed by atoms with Crippen molar-refractivity contribution in [2.75, 3.05) is 11.1 Å². The summed E-state index contributed by atoms with van der Waals surface area (Å²) in [5.74, 6) is 0.0869. The summed E-state index contributed by atoms with van der Waals surface area (Å²) in [6.45, 7) is 0. The molecule has 1 atom stereocenters. The zero-order valence-corrected chi connectivity index (χ0v) is 12.3. The molecule has 1 aliphatic heterocycles. The van der Waals surface area contributed by atoms with E-state index in [-0.39, 0.29) is 11.8 Å². The van der Waals surface area contributed by atoms with Crippen LogP contribution >= 0.6 is 27.3 Å². The Hall–Kier alpha value is -0.920. The van der Waals surface area contributed by atoms with Crippen LogP contribution in [0.3, 0.4) is 0 Å². The van der Waals surface area contributed by atoms with Gasteiger partial charge in [-0.15, -0.1) is 0 Å². The zero-order chi connectivity index (χ0) is 12.8. The summed E-state index contributed by atoms with van der Waals surface area (Å²) < 4.78 is 24.9. The number of anilines is 1. The van der Waals surface area contributed by atoms with Gasteiger partial charge in [0, 0.05) is 0 Å². The number of aromatic nitrogens is 1. The highest BCUT2D eigenvalue weighted by Gasteiger charge is 2.34. The molecule has 1 aromatic carbocycles. The van der Waals surface area contributed by atoms with Crippen LogP contribution in [-0.2, 0) is 9.84 Å². The molecular formula is C11H9BrN2O2S2. The molecule has 2 heterocycles. The van der Waals surface area contributed by atoms with Crippen molar-refractivity contribution < 1.29 is 8.42 Å². The summed E-state index contributed by atoms with van der Waals surface area (Å²) in [6, 6.07) is 6.89. The summed E-state index contributed by atoms with van der Waals surface area (Å²) in [5.41, 5.74) is 0.823. The molecule has 0 amide bonds. The maximum absolute atomic E-state index is 12.0. The van der Waals surface area contributed by atoms with Gasteiger partial charge in [0.1, 0.15) is 0 Å². The molecule has 0 saturated carbocycles. The third kappa shape index (κ3) is 2.06. The Bertz CT molecular complexity index is 697. The molecule has 0 bridgehead atoms. The average molecular weight is 345 g/mol. The molecule has 0 saturated heterocycles. The van der Waals surface area contributed by atoms with Gasteiger partial charge >= 0.3 is 0 Å². The summed E-state index contributed by atoms with van der Waals surface area (Å²) in [5, 5.41) is 3.89. The second kappa shape index (κ2) is 4.32. The number of rotatable bonds is 2. The molecule has 1 N–H and O–H groups in total. The summed E-state index contributed by atoms with van der Waals surface area (Å²) >= 11 is 4.78. The molecule has 18 heavy (non-hydrogen) atoms. The number of nitrogens with one attached hydrogen (secondary N) is 1. The molecule has 2 aromatic rings. The lowest BCUT2D eigenvalue weighted by atomic mass is 10.1. The highest BCUT2D eigenvalue weighted by atomic mass is 79.9. The average Bonchev–Trinajstić information content (AvgIpc) is 2.83. The first kappa shape index (κ1) is 12.1. The minimum Gasteiger partial charge on any atom is -0.354 e. The fraction of sp³-hybridized carbons (Fsp3) is 0.182. The molecule has 1 aliphatic rings. The number of sulfone groups is 1. The molecular weight excluding hydrogens is 336 g/mol. The molecule has 0 fully saturated rings. The number of halogens is 1. The van der Waals surface area contributed by atoms with Crippen molar-refractivity contribution >= 4 is 42.2 Å². The lowest BCUT2D eigenvalue weighted by Crippen LogP contribution is -2.12. The quantitative estimate of drug-likeness (QED) is 0.909. The monoisotopic (exact) mass is 344 g/mol. The van der Waals surface area contributed by atoms with E-state index in [1.54, 1.807) is 18.3 Å². The van der Waals surface area contributed by atoms with Gasteiger partial charge in [-0.2, -0.15) is 0 Å². The lowest BCUT2D eigenvalue weighted by molar-refractivity contribution is 0.598. The second-order valence-electron chi connectivity index (χ2n) is 3.99. The second-order valence-corrected chi connectivity index (χ2v) is 8.40. The minimum absolute atomic E-state index is 0.0869. The van der Waals surface area contributed by atoms with E-state index in [2.05, 4.69) is 26.2 Å². The molecule has 0 radical (unpaired) electrons. The first-order chi connectivity index (χ1) is 8.56. The first-order valence-corrected chi connectivity index (χ1v) is 8.52. The zero-order valence-electron chi connectivity index (χ0n) is 9.13. The Labute approximate surface area is 117 Å². The van der Waals surface area contributed by atoms with E-state index in [4.69, 9.17) is 0 Å². The molecule has 7 heteroatoms. The number of thiazole rings is 1. The van der Waals surface area contributed by atoms with Gasteiger partial charge in [0.05, 0.1) is 26.7 Å². The number of hydrogen-bond acceptors (Lipinski definition) is 5. The lowest BCUT2D eigenvalue weighted by Gasteiger charge is -2.10. The van der Waals surface area contributed by atoms with E-state index in [0.717, 1.165) is 14.5 Å². The fourth-order valence-corrected chi connectivity index (χ4v) is 4.94. The molecule has 3 rings (SSSR count). The van der Waals surface area contributed by atoms with Crippen LogP contribution in [0.15, 0.2) is 39.1 Å².